The van der Waals surface area contributed by atoms with Gasteiger partial charge >= 0.3 is 6.03 Å². The molecule has 0 atom stereocenters. The van der Waals surface area contributed by atoms with Crippen LogP contribution in [0, 0.1) is 0 Å². The highest BCUT2D eigenvalue weighted by molar-refractivity contribution is 6.07. The van der Waals surface area contributed by atoms with Crippen LogP contribution in [-0.2, 0) is 30.6 Å². The molecule has 2 aromatic carbocycles. The second-order valence-corrected chi connectivity index (χ2v) is 10.0. The highest BCUT2D eigenvalue weighted by Crippen LogP contribution is 2.40. The van der Waals surface area contributed by atoms with Gasteiger partial charge in [0.2, 0.25) is 0 Å². The molecule has 0 aromatic heterocycles. The summed E-state index contributed by atoms with van der Waals surface area (Å²) in [5.41, 5.74) is 5.87. The van der Waals surface area contributed by atoms with E-state index >= 15 is 0 Å². The van der Waals surface area contributed by atoms with E-state index in [0.29, 0.717) is 19.4 Å². The van der Waals surface area contributed by atoms with Gasteiger partial charge in [-0.2, -0.15) is 0 Å². The van der Waals surface area contributed by atoms with Crippen LogP contribution in [0.5, 0.6) is 0 Å². The van der Waals surface area contributed by atoms with Crippen LogP contribution < -0.4 is 5.32 Å². The van der Waals surface area contributed by atoms with Gasteiger partial charge in [-0.15, -0.1) is 0 Å². The van der Waals surface area contributed by atoms with Gasteiger partial charge in [-0.1, -0.05) is 36.4 Å². The molecule has 1 spiro atoms. The Bertz CT molecular complexity index is 1080. The zero-order valence-corrected chi connectivity index (χ0v) is 19.3. The summed E-state index contributed by atoms with van der Waals surface area (Å²) in [5, 5.41) is 3.42. The number of rotatable bonds is 4. The van der Waals surface area contributed by atoms with Crippen LogP contribution in [0.15, 0.2) is 42.5 Å². The first-order valence-corrected chi connectivity index (χ1v) is 12.4. The molecule has 0 radical (unpaired) electrons. The Morgan fingerprint density at radius 3 is 2.42 bits per heavy atom. The van der Waals surface area contributed by atoms with Crippen LogP contribution in [0.1, 0.15) is 42.0 Å². The molecule has 3 heterocycles. The summed E-state index contributed by atoms with van der Waals surface area (Å²) < 4.78 is 0. The Morgan fingerprint density at radius 2 is 1.73 bits per heavy atom. The van der Waals surface area contributed by atoms with Crippen molar-refractivity contribution in [3.8, 4) is 0 Å². The Labute approximate surface area is 195 Å². The molecule has 2 aromatic rings. The maximum absolute atomic E-state index is 13.8. The normalized spacial score (nSPS) is 22.2. The Hall–Kier alpha value is -2.86. The van der Waals surface area contributed by atoms with Crippen molar-refractivity contribution >= 4 is 17.6 Å². The topological polar surface area (TPSA) is 55.9 Å². The van der Waals surface area contributed by atoms with E-state index in [4.69, 9.17) is 0 Å². The van der Waals surface area contributed by atoms with Crippen molar-refractivity contribution in [2.45, 2.75) is 57.2 Å². The number of piperidine rings is 1. The minimum atomic E-state index is -0.668. The molecule has 1 aliphatic carbocycles. The zero-order chi connectivity index (χ0) is 22.6. The van der Waals surface area contributed by atoms with Gasteiger partial charge in [-0.05, 0) is 67.3 Å². The average molecular weight is 445 g/mol. The van der Waals surface area contributed by atoms with Crippen molar-refractivity contribution in [2.75, 3.05) is 31.5 Å². The van der Waals surface area contributed by atoms with Gasteiger partial charge in [-0.25, -0.2) is 4.79 Å². The van der Waals surface area contributed by atoms with Crippen LogP contribution in [-0.4, -0.2) is 64.4 Å². The lowest BCUT2D eigenvalue weighted by Gasteiger charge is -2.42. The summed E-state index contributed by atoms with van der Waals surface area (Å²) in [5.74, 6) is 0.0374. The molecule has 3 aliphatic heterocycles. The fourth-order valence-electron chi connectivity index (χ4n) is 6.50. The quantitative estimate of drug-likeness (QED) is 0.734. The molecule has 2 fully saturated rings. The van der Waals surface area contributed by atoms with Gasteiger partial charge in [0.25, 0.3) is 5.91 Å². The van der Waals surface area contributed by atoms with E-state index in [2.05, 4.69) is 40.5 Å². The predicted molar refractivity (Wildman–Crippen MR) is 128 cm³/mol. The number of carbonyl (C=O) groups is 2. The largest absolute Gasteiger partial charge is 0.384 e. The third-order valence-corrected chi connectivity index (χ3v) is 8.25. The lowest BCUT2D eigenvalue weighted by molar-refractivity contribution is -0.137. The number of nitrogens with zero attached hydrogens (tertiary/aromatic N) is 3. The number of anilines is 1. The standard InChI is InChI=1S/C27H32N4O2/c1-2-30-26(33)31(23-16-20-5-3-4-6-21(20)17-23)25(32)27(30)10-13-29(14-11-27)18-19-7-8-24-22(15-19)9-12-28-24/h3-8,15,23,28H,2,9-14,16-18H2,1H3. The molecule has 172 valence electrons. The van der Waals surface area contributed by atoms with Crippen LogP contribution in [0.2, 0.25) is 0 Å². The molecule has 33 heavy (non-hydrogen) atoms. The molecule has 0 unspecified atom stereocenters. The maximum Gasteiger partial charge on any atom is 0.327 e. The Morgan fingerprint density at radius 1 is 1.00 bits per heavy atom. The molecule has 1 N–H and O–H groups in total. The van der Waals surface area contributed by atoms with E-state index < -0.39 is 5.54 Å². The van der Waals surface area contributed by atoms with Crippen molar-refractivity contribution in [3.63, 3.8) is 0 Å². The number of fused-ring (bicyclic) bond motifs is 2. The highest BCUT2D eigenvalue weighted by Gasteiger charge is 2.59. The summed E-state index contributed by atoms with van der Waals surface area (Å²) in [4.78, 5) is 33.2. The van der Waals surface area contributed by atoms with Crippen LogP contribution in [0.3, 0.4) is 0 Å². The van der Waals surface area contributed by atoms with E-state index in [0.717, 1.165) is 45.4 Å². The fraction of sp³-hybridized carbons (Fsp3) is 0.481. The van der Waals surface area contributed by atoms with E-state index in [1.165, 1.54) is 27.9 Å². The third kappa shape index (κ3) is 3.26. The Kier molecular flexibility index (Phi) is 4.94. The van der Waals surface area contributed by atoms with Crippen molar-refractivity contribution in [2.24, 2.45) is 0 Å². The first-order chi connectivity index (χ1) is 16.1. The number of amides is 3. The Balaban J connectivity index is 1.17. The maximum atomic E-state index is 13.8. The first kappa shape index (κ1) is 20.7. The second kappa shape index (κ2) is 7.87. The molecule has 0 bridgehead atoms. The lowest BCUT2D eigenvalue weighted by Crippen LogP contribution is -2.56. The highest BCUT2D eigenvalue weighted by atomic mass is 16.2. The number of urea groups is 1. The smallest absolute Gasteiger partial charge is 0.327 e. The number of carbonyl (C=O) groups excluding carboxylic acids is 2. The average Bonchev–Trinajstić information content (AvgIpc) is 3.51. The van der Waals surface area contributed by atoms with Crippen LogP contribution >= 0.6 is 0 Å². The van der Waals surface area contributed by atoms with Crippen LogP contribution in [0.25, 0.3) is 0 Å². The van der Waals surface area contributed by atoms with Crippen molar-refractivity contribution in [1.29, 1.82) is 0 Å². The van der Waals surface area contributed by atoms with E-state index in [9.17, 15) is 9.59 Å². The van der Waals surface area contributed by atoms with Gasteiger partial charge < -0.3 is 10.2 Å². The SMILES string of the molecule is CCN1C(=O)N(C2Cc3ccccc3C2)C(=O)C12CCN(Cc1ccc3c(c1)CCN3)CC2. The number of imide groups is 1. The second-order valence-electron chi connectivity index (χ2n) is 10.0. The monoisotopic (exact) mass is 444 g/mol. The third-order valence-electron chi connectivity index (χ3n) is 8.25. The molecule has 6 rings (SSSR count). The molecule has 0 saturated carbocycles. The van der Waals surface area contributed by atoms with Gasteiger partial charge in [0, 0.05) is 44.5 Å². The summed E-state index contributed by atoms with van der Waals surface area (Å²) in [6, 6.07) is 14.9. The van der Waals surface area contributed by atoms with Gasteiger partial charge in [0.05, 0.1) is 0 Å². The molecule has 2 saturated heterocycles. The number of hydrogen-bond acceptors (Lipinski definition) is 4. The van der Waals surface area contributed by atoms with Gasteiger partial charge in [-0.3, -0.25) is 14.6 Å². The summed E-state index contributed by atoms with van der Waals surface area (Å²) in [7, 11) is 0. The fourth-order valence-corrected chi connectivity index (χ4v) is 6.50. The van der Waals surface area contributed by atoms with Gasteiger partial charge in [0.1, 0.15) is 5.54 Å². The first-order valence-electron chi connectivity index (χ1n) is 12.4. The minimum Gasteiger partial charge on any atom is -0.384 e. The molecule has 4 aliphatic rings. The molecule has 6 nitrogen and oxygen atoms in total. The zero-order valence-electron chi connectivity index (χ0n) is 19.3. The van der Waals surface area contributed by atoms with E-state index in [1.54, 1.807) is 4.90 Å². The lowest BCUT2D eigenvalue weighted by atomic mass is 9.85. The molecular weight excluding hydrogens is 412 g/mol. The minimum absolute atomic E-state index is 0.0374. The van der Waals surface area contributed by atoms with Crippen molar-refractivity contribution in [1.82, 2.24) is 14.7 Å². The van der Waals surface area contributed by atoms with E-state index in [-0.39, 0.29) is 18.0 Å². The number of benzene rings is 2. The number of nitrogens with one attached hydrogen (secondary N) is 1. The summed E-state index contributed by atoms with van der Waals surface area (Å²) >= 11 is 0. The summed E-state index contributed by atoms with van der Waals surface area (Å²) in [6.45, 7) is 6.19. The molecule has 3 amide bonds. The van der Waals surface area contributed by atoms with Crippen LogP contribution in [0.4, 0.5) is 10.5 Å². The van der Waals surface area contributed by atoms with Crippen molar-refractivity contribution in [3.05, 3.63) is 64.7 Å². The number of likely N-dealkylation sites (tertiary alicyclic amines) is 1. The molecule has 6 heteroatoms. The number of hydrogen-bond donors (Lipinski definition) is 1. The molecular formula is C27H32N4O2. The summed E-state index contributed by atoms with van der Waals surface area (Å²) in [6.07, 6.45) is 4.08. The van der Waals surface area contributed by atoms with Gasteiger partial charge in [0.15, 0.2) is 0 Å². The van der Waals surface area contributed by atoms with Crippen molar-refractivity contribution < 1.29 is 9.59 Å². The predicted octanol–water partition coefficient (Wildman–Crippen LogP) is 3.44. The van der Waals surface area contributed by atoms with E-state index in [1.807, 2.05) is 24.0 Å². The number of likely N-dealkylation sites (N-methyl/N-ethyl adjacent to an activating group) is 1.